The molecule has 1 heterocycles. The minimum Gasteiger partial charge on any atom is -0.295 e. The summed E-state index contributed by atoms with van der Waals surface area (Å²) in [5.41, 5.74) is 3.02. The predicted molar refractivity (Wildman–Crippen MR) is 100 cm³/mol. The molecule has 0 amide bonds. The molecule has 0 spiro atoms. The second-order valence-corrected chi connectivity index (χ2v) is 6.21. The average molecular weight is 332 g/mol. The molecule has 1 aliphatic heterocycles. The molecule has 1 atom stereocenters. The van der Waals surface area contributed by atoms with Gasteiger partial charge in [0, 0.05) is 18.5 Å². The summed E-state index contributed by atoms with van der Waals surface area (Å²) in [6.07, 6.45) is 6.95. The van der Waals surface area contributed by atoms with Crippen LogP contribution in [-0.2, 0) is 0 Å². The molecule has 0 aromatic rings. The van der Waals surface area contributed by atoms with Crippen molar-refractivity contribution in [1.29, 1.82) is 0 Å². The Morgan fingerprint density at radius 2 is 1.39 bits per heavy atom. The molecule has 3 heteroatoms. The Balaban J connectivity index is 0. The first-order chi connectivity index (χ1) is 10.7. The third-order valence-electron chi connectivity index (χ3n) is 3.94. The zero-order valence-corrected chi connectivity index (χ0v) is 16.8. The van der Waals surface area contributed by atoms with Crippen molar-refractivity contribution in [3.8, 4) is 0 Å². The fourth-order valence-electron chi connectivity index (χ4n) is 2.22. The zero-order chi connectivity index (χ0) is 18.6. The van der Waals surface area contributed by atoms with E-state index >= 15 is 0 Å². The third-order valence-corrected chi connectivity index (χ3v) is 3.94. The lowest BCUT2D eigenvalue weighted by Gasteiger charge is -2.19. The molecule has 2 rings (SSSR count). The third kappa shape index (κ3) is 9.91. The van der Waals surface area contributed by atoms with Crippen molar-refractivity contribution in [1.82, 2.24) is 4.90 Å². The molecule has 0 radical (unpaired) electrons. The van der Waals surface area contributed by atoms with Crippen LogP contribution in [0, 0.1) is 5.92 Å². The van der Waals surface area contributed by atoms with Crippen molar-refractivity contribution in [3.63, 3.8) is 0 Å². The Morgan fingerprint density at radius 1 is 1.00 bits per heavy atom. The van der Waals surface area contributed by atoms with E-state index in [-0.39, 0.29) is 12.6 Å². The van der Waals surface area contributed by atoms with Gasteiger partial charge in [-0.2, -0.15) is 0 Å². The molecule has 23 heavy (non-hydrogen) atoms. The Kier molecular flexibility index (Phi) is 13.5. The Hall–Kier alpha value is -0.700. The Morgan fingerprint density at radius 3 is 1.57 bits per heavy atom. The second-order valence-electron chi connectivity index (χ2n) is 6.21. The van der Waals surface area contributed by atoms with Gasteiger partial charge in [0.2, 0.25) is 0 Å². The molecular weight excluding hydrogens is 292 g/mol. The van der Waals surface area contributed by atoms with Crippen molar-refractivity contribution < 1.29 is 8.78 Å². The van der Waals surface area contributed by atoms with E-state index in [9.17, 15) is 8.78 Å². The van der Waals surface area contributed by atoms with Gasteiger partial charge < -0.3 is 0 Å². The van der Waals surface area contributed by atoms with Crippen LogP contribution in [0.15, 0.2) is 23.3 Å². The van der Waals surface area contributed by atoms with Crippen LogP contribution in [0.5, 0.6) is 0 Å². The summed E-state index contributed by atoms with van der Waals surface area (Å²) >= 11 is 0. The number of likely N-dealkylation sites (tertiary alicyclic amines) is 1. The first kappa shape index (κ1) is 24.6. The van der Waals surface area contributed by atoms with E-state index in [2.05, 4.69) is 26.0 Å². The van der Waals surface area contributed by atoms with Gasteiger partial charge in [-0.05, 0) is 40.5 Å². The van der Waals surface area contributed by atoms with Gasteiger partial charge in [0.1, 0.15) is 0 Å². The normalized spacial score (nSPS) is 22.5. The maximum absolute atomic E-state index is 12.9. The standard InChI is InChI=1S/C8H15F2N.C8H12.2C2H6/c1-6(2)11-4-7(3)8(9,10)5-11;1-7-3-5-8(2)6-4-7;2*1-2/h6-7H,4-5H2,1-3H3;3,5H,4,6H2,1-2H3;2*1-2H3. The Bertz CT molecular complexity index is 339. The number of hydrogen-bond acceptors (Lipinski definition) is 1. The molecule has 0 saturated carbocycles. The summed E-state index contributed by atoms with van der Waals surface area (Å²) in [6.45, 7) is 18.4. The van der Waals surface area contributed by atoms with Gasteiger partial charge in [0.05, 0.1) is 6.54 Å². The van der Waals surface area contributed by atoms with Gasteiger partial charge >= 0.3 is 0 Å². The quantitative estimate of drug-likeness (QED) is 0.516. The first-order valence-electron chi connectivity index (χ1n) is 9.17. The lowest BCUT2D eigenvalue weighted by atomic mass is 10.0. The summed E-state index contributed by atoms with van der Waals surface area (Å²) in [5.74, 6) is -2.95. The maximum atomic E-state index is 12.9. The molecule has 0 N–H and O–H groups in total. The fraction of sp³-hybridized carbons (Fsp3) is 0.800. The van der Waals surface area contributed by atoms with Crippen molar-refractivity contribution in [2.24, 2.45) is 5.92 Å². The molecule has 1 unspecified atom stereocenters. The van der Waals surface area contributed by atoms with Gasteiger partial charge in [-0.15, -0.1) is 0 Å². The van der Waals surface area contributed by atoms with Crippen LogP contribution >= 0.6 is 0 Å². The van der Waals surface area contributed by atoms with E-state index < -0.39 is 11.8 Å². The largest absolute Gasteiger partial charge is 0.295 e. The van der Waals surface area contributed by atoms with E-state index in [1.54, 1.807) is 6.92 Å². The number of alkyl halides is 2. The van der Waals surface area contributed by atoms with Crippen molar-refractivity contribution in [2.75, 3.05) is 13.1 Å². The van der Waals surface area contributed by atoms with E-state index in [4.69, 9.17) is 0 Å². The number of rotatable bonds is 1. The van der Waals surface area contributed by atoms with Crippen LogP contribution < -0.4 is 0 Å². The average Bonchev–Trinajstić information content (AvgIpc) is 2.81. The van der Waals surface area contributed by atoms with Crippen molar-refractivity contribution in [3.05, 3.63) is 23.3 Å². The van der Waals surface area contributed by atoms with Gasteiger partial charge in [-0.1, -0.05) is 57.9 Å². The van der Waals surface area contributed by atoms with Gasteiger partial charge in [0.25, 0.3) is 5.92 Å². The summed E-state index contributed by atoms with van der Waals surface area (Å²) in [5, 5.41) is 0. The summed E-state index contributed by atoms with van der Waals surface area (Å²) < 4.78 is 25.8. The number of allylic oxidation sites excluding steroid dienone is 4. The molecule has 0 aromatic heterocycles. The van der Waals surface area contributed by atoms with Crippen LogP contribution in [-0.4, -0.2) is 30.0 Å². The highest BCUT2D eigenvalue weighted by molar-refractivity contribution is 5.20. The monoisotopic (exact) mass is 331 g/mol. The molecular formula is C20H39F2N. The Labute approximate surface area is 143 Å². The zero-order valence-electron chi connectivity index (χ0n) is 16.8. The lowest BCUT2D eigenvalue weighted by Crippen LogP contribution is -2.31. The molecule has 138 valence electrons. The highest BCUT2D eigenvalue weighted by Gasteiger charge is 2.45. The van der Waals surface area contributed by atoms with Crippen LogP contribution in [0.1, 0.15) is 75.2 Å². The predicted octanol–water partition coefficient (Wildman–Crippen LogP) is 6.71. The number of hydrogen-bond donors (Lipinski definition) is 0. The van der Waals surface area contributed by atoms with E-state index in [0.717, 1.165) is 0 Å². The van der Waals surface area contributed by atoms with Crippen molar-refractivity contribution >= 4 is 0 Å². The first-order valence-corrected chi connectivity index (χ1v) is 9.17. The minimum absolute atomic E-state index is 0.0637. The molecule has 0 bridgehead atoms. The highest BCUT2D eigenvalue weighted by atomic mass is 19.3. The minimum atomic E-state index is -2.47. The molecule has 2 aliphatic rings. The molecule has 1 aliphatic carbocycles. The van der Waals surface area contributed by atoms with E-state index in [1.807, 2.05) is 46.4 Å². The topological polar surface area (TPSA) is 3.24 Å². The molecule has 1 nitrogen and oxygen atoms in total. The fourth-order valence-corrected chi connectivity index (χ4v) is 2.22. The molecule has 0 aromatic carbocycles. The van der Waals surface area contributed by atoms with E-state index in [0.29, 0.717) is 6.54 Å². The summed E-state index contributed by atoms with van der Waals surface area (Å²) in [6, 6.07) is 0.242. The molecule has 1 saturated heterocycles. The summed E-state index contributed by atoms with van der Waals surface area (Å²) in [7, 11) is 0. The van der Waals surface area contributed by atoms with Gasteiger partial charge in [-0.25, -0.2) is 8.78 Å². The van der Waals surface area contributed by atoms with Gasteiger partial charge in [0.15, 0.2) is 0 Å². The highest BCUT2D eigenvalue weighted by Crippen LogP contribution is 2.33. The maximum Gasteiger partial charge on any atom is 0.264 e. The van der Waals surface area contributed by atoms with Crippen LogP contribution in [0.2, 0.25) is 0 Å². The molecule has 1 fully saturated rings. The summed E-state index contributed by atoms with van der Waals surface area (Å²) in [4.78, 5) is 1.82. The SMILES string of the molecule is CC.CC.CC(C)N1CC(C)C(F)(F)C1.CC1=CC=C(C)CC1. The smallest absolute Gasteiger partial charge is 0.264 e. The number of halogens is 2. The van der Waals surface area contributed by atoms with Crippen molar-refractivity contribution in [2.45, 2.75) is 87.1 Å². The van der Waals surface area contributed by atoms with Crippen LogP contribution in [0.4, 0.5) is 8.78 Å². The number of nitrogens with zero attached hydrogens (tertiary/aromatic N) is 1. The van der Waals surface area contributed by atoms with Crippen LogP contribution in [0.3, 0.4) is 0 Å². The van der Waals surface area contributed by atoms with Crippen LogP contribution in [0.25, 0.3) is 0 Å². The van der Waals surface area contributed by atoms with Gasteiger partial charge in [-0.3, -0.25) is 4.90 Å². The van der Waals surface area contributed by atoms with E-state index in [1.165, 1.54) is 24.0 Å². The lowest BCUT2D eigenvalue weighted by molar-refractivity contribution is -0.0224. The second kappa shape index (κ2) is 12.7.